The molecule has 0 bridgehead atoms. The lowest BCUT2D eigenvalue weighted by Gasteiger charge is -2.19. The van der Waals surface area contributed by atoms with E-state index in [2.05, 4.69) is 10.2 Å². The number of benzene rings is 2. The molecule has 1 N–H and O–H groups in total. The standard InChI is InChI=1S/C20H23FN2O4/c1-23(15-7-4-3-5-8-15)12-6-11-22-19(24)14-27-20(25)17-10-9-16(26-2)13-18(17)21/h3-5,7-10,13H,6,11-12,14H2,1-2H3,(H,22,24). The number of carbonyl (C=O) groups excluding carboxylic acids is 2. The van der Waals surface area contributed by atoms with Crippen molar-refractivity contribution in [2.24, 2.45) is 0 Å². The van der Waals surface area contributed by atoms with Gasteiger partial charge in [0.25, 0.3) is 5.91 Å². The van der Waals surface area contributed by atoms with Gasteiger partial charge in [0.05, 0.1) is 12.7 Å². The van der Waals surface area contributed by atoms with Gasteiger partial charge in [-0.3, -0.25) is 4.79 Å². The molecule has 1 amide bonds. The highest BCUT2D eigenvalue weighted by atomic mass is 19.1. The number of ether oxygens (including phenoxy) is 2. The van der Waals surface area contributed by atoms with Crippen LogP contribution in [0.3, 0.4) is 0 Å². The summed E-state index contributed by atoms with van der Waals surface area (Å²) >= 11 is 0. The molecule has 0 radical (unpaired) electrons. The third kappa shape index (κ3) is 6.29. The first-order valence-electron chi connectivity index (χ1n) is 8.55. The topological polar surface area (TPSA) is 67.9 Å². The smallest absolute Gasteiger partial charge is 0.341 e. The molecule has 6 nitrogen and oxygen atoms in total. The van der Waals surface area contributed by atoms with E-state index < -0.39 is 24.3 Å². The highest BCUT2D eigenvalue weighted by Gasteiger charge is 2.15. The first kappa shape index (κ1) is 20.2. The van der Waals surface area contributed by atoms with E-state index in [0.717, 1.165) is 24.7 Å². The van der Waals surface area contributed by atoms with Crippen molar-refractivity contribution < 1.29 is 23.5 Å². The van der Waals surface area contributed by atoms with Gasteiger partial charge in [-0.05, 0) is 30.7 Å². The molecular formula is C20H23FN2O4. The minimum absolute atomic E-state index is 0.243. The number of anilines is 1. The molecule has 0 aliphatic rings. The number of halogens is 1. The summed E-state index contributed by atoms with van der Waals surface area (Å²) in [5, 5.41) is 2.67. The van der Waals surface area contributed by atoms with Crippen molar-refractivity contribution in [3.8, 4) is 5.75 Å². The van der Waals surface area contributed by atoms with E-state index in [1.807, 2.05) is 37.4 Å². The van der Waals surface area contributed by atoms with Crippen molar-refractivity contribution >= 4 is 17.6 Å². The van der Waals surface area contributed by atoms with Crippen LogP contribution in [0.4, 0.5) is 10.1 Å². The lowest BCUT2D eigenvalue weighted by atomic mass is 10.2. The molecule has 2 aromatic carbocycles. The van der Waals surface area contributed by atoms with Crippen molar-refractivity contribution in [3.05, 3.63) is 59.9 Å². The van der Waals surface area contributed by atoms with Gasteiger partial charge in [-0.15, -0.1) is 0 Å². The quantitative estimate of drug-likeness (QED) is 0.540. The summed E-state index contributed by atoms with van der Waals surface area (Å²) < 4.78 is 23.5. The second-order valence-electron chi connectivity index (χ2n) is 5.88. The fourth-order valence-electron chi connectivity index (χ4n) is 2.40. The van der Waals surface area contributed by atoms with Crippen LogP contribution in [0.25, 0.3) is 0 Å². The molecule has 0 aliphatic heterocycles. The van der Waals surface area contributed by atoms with Crippen molar-refractivity contribution in [2.75, 3.05) is 38.8 Å². The Kier molecular flexibility index (Phi) is 7.61. The maximum Gasteiger partial charge on any atom is 0.341 e. The number of nitrogens with zero attached hydrogens (tertiary/aromatic N) is 1. The highest BCUT2D eigenvalue weighted by Crippen LogP contribution is 2.17. The molecule has 144 valence electrons. The number of hydrogen-bond donors (Lipinski definition) is 1. The average Bonchev–Trinajstić information content (AvgIpc) is 2.69. The molecule has 27 heavy (non-hydrogen) atoms. The van der Waals surface area contributed by atoms with Gasteiger partial charge in [0.1, 0.15) is 11.6 Å². The zero-order valence-electron chi connectivity index (χ0n) is 15.4. The minimum Gasteiger partial charge on any atom is -0.497 e. The summed E-state index contributed by atoms with van der Waals surface area (Å²) in [5.74, 6) is -1.79. The first-order valence-corrected chi connectivity index (χ1v) is 8.55. The Labute approximate surface area is 157 Å². The SMILES string of the molecule is COc1ccc(C(=O)OCC(=O)NCCCN(C)c2ccccc2)c(F)c1. The van der Waals surface area contributed by atoms with Gasteiger partial charge in [-0.2, -0.15) is 0 Å². The Morgan fingerprint density at radius 1 is 1.15 bits per heavy atom. The number of para-hydroxylation sites is 1. The van der Waals surface area contributed by atoms with E-state index >= 15 is 0 Å². The van der Waals surface area contributed by atoms with Crippen LogP contribution < -0.4 is 15.0 Å². The van der Waals surface area contributed by atoms with Crippen LogP contribution >= 0.6 is 0 Å². The fraction of sp³-hybridized carbons (Fsp3) is 0.300. The summed E-state index contributed by atoms with van der Waals surface area (Å²) in [4.78, 5) is 25.7. The van der Waals surface area contributed by atoms with Gasteiger partial charge >= 0.3 is 5.97 Å². The molecule has 0 saturated carbocycles. The lowest BCUT2D eigenvalue weighted by molar-refractivity contribution is -0.124. The number of carbonyl (C=O) groups is 2. The van der Waals surface area contributed by atoms with Crippen LogP contribution in [0.5, 0.6) is 5.75 Å². The van der Waals surface area contributed by atoms with Gasteiger partial charge < -0.3 is 19.7 Å². The second-order valence-corrected chi connectivity index (χ2v) is 5.88. The number of rotatable bonds is 9. The summed E-state index contributed by atoms with van der Waals surface area (Å²) in [6.45, 7) is 0.754. The second kappa shape index (κ2) is 10.2. The Morgan fingerprint density at radius 3 is 2.56 bits per heavy atom. The predicted molar refractivity (Wildman–Crippen MR) is 101 cm³/mol. The number of nitrogens with one attached hydrogen (secondary N) is 1. The monoisotopic (exact) mass is 374 g/mol. The number of amides is 1. The third-order valence-electron chi connectivity index (χ3n) is 3.92. The fourth-order valence-corrected chi connectivity index (χ4v) is 2.40. The van der Waals surface area contributed by atoms with Crippen molar-refractivity contribution in [1.29, 1.82) is 0 Å². The van der Waals surface area contributed by atoms with Gasteiger partial charge in [-0.1, -0.05) is 18.2 Å². The van der Waals surface area contributed by atoms with E-state index in [4.69, 9.17) is 9.47 Å². The van der Waals surface area contributed by atoms with E-state index in [-0.39, 0.29) is 5.56 Å². The largest absolute Gasteiger partial charge is 0.497 e. The van der Waals surface area contributed by atoms with Gasteiger partial charge in [0.15, 0.2) is 6.61 Å². The van der Waals surface area contributed by atoms with E-state index in [1.54, 1.807) is 0 Å². The number of esters is 1. The Hall–Kier alpha value is -3.09. The van der Waals surface area contributed by atoms with Crippen LogP contribution in [-0.2, 0) is 9.53 Å². The van der Waals surface area contributed by atoms with Crippen molar-refractivity contribution in [1.82, 2.24) is 5.32 Å². The van der Waals surface area contributed by atoms with E-state index in [0.29, 0.717) is 12.3 Å². The Morgan fingerprint density at radius 2 is 1.89 bits per heavy atom. The van der Waals surface area contributed by atoms with Crippen molar-refractivity contribution in [3.63, 3.8) is 0 Å². The zero-order chi connectivity index (χ0) is 19.6. The number of hydrogen-bond acceptors (Lipinski definition) is 5. The van der Waals surface area contributed by atoms with Crippen LogP contribution in [0.15, 0.2) is 48.5 Å². The maximum absolute atomic E-state index is 13.8. The predicted octanol–water partition coefficient (Wildman–Crippen LogP) is 2.63. The summed E-state index contributed by atoms with van der Waals surface area (Å²) in [7, 11) is 3.37. The summed E-state index contributed by atoms with van der Waals surface area (Å²) in [6, 6.07) is 13.7. The Bertz CT molecular complexity index is 768. The third-order valence-corrected chi connectivity index (χ3v) is 3.92. The maximum atomic E-state index is 13.8. The van der Waals surface area contributed by atoms with Crippen molar-refractivity contribution in [2.45, 2.75) is 6.42 Å². The van der Waals surface area contributed by atoms with Crippen LogP contribution in [0.2, 0.25) is 0 Å². The van der Waals surface area contributed by atoms with E-state index in [1.165, 1.54) is 19.2 Å². The van der Waals surface area contributed by atoms with Gasteiger partial charge in [0, 0.05) is 31.9 Å². The molecule has 0 fully saturated rings. The molecular weight excluding hydrogens is 351 g/mol. The zero-order valence-corrected chi connectivity index (χ0v) is 15.4. The van der Waals surface area contributed by atoms with E-state index in [9.17, 15) is 14.0 Å². The summed E-state index contributed by atoms with van der Waals surface area (Å²) in [5.41, 5.74) is 0.854. The van der Waals surface area contributed by atoms with Crippen LogP contribution in [0.1, 0.15) is 16.8 Å². The molecule has 0 spiro atoms. The molecule has 0 saturated heterocycles. The Balaban J connectivity index is 1.68. The number of methoxy groups -OCH3 is 1. The molecule has 2 aromatic rings. The first-order chi connectivity index (χ1) is 13.0. The highest BCUT2D eigenvalue weighted by molar-refractivity contribution is 5.91. The van der Waals surface area contributed by atoms with Gasteiger partial charge in [-0.25, -0.2) is 9.18 Å². The van der Waals surface area contributed by atoms with Crippen LogP contribution in [-0.4, -0.2) is 45.7 Å². The molecule has 0 heterocycles. The molecule has 2 rings (SSSR count). The normalized spacial score (nSPS) is 10.2. The summed E-state index contributed by atoms with van der Waals surface area (Å²) in [6.07, 6.45) is 0.734. The lowest BCUT2D eigenvalue weighted by Crippen LogP contribution is -2.31. The van der Waals surface area contributed by atoms with Gasteiger partial charge in [0.2, 0.25) is 0 Å². The van der Waals surface area contributed by atoms with Crippen LogP contribution in [0, 0.1) is 5.82 Å². The molecule has 0 atom stereocenters. The molecule has 0 aliphatic carbocycles. The molecule has 0 unspecified atom stereocenters. The minimum atomic E-state index is -0.894. The molecule has 7 heteroatoms. The average molecular weight is 374 g/mol. The molecule has 0 aromatic heterocycles.